The number of rotatable bonds is 5. The number of ether oxygens (including phenoxy) is 1. The first-order chi connectivity index (χ1) is 19.5. The van der Waals surface area contributed by atoms with Gasteiger partial charge >= 0.3 is 6.01 Å². The Morgan fingerprint density at radius 2 is 1.65 bits per heavy atom. The van der Waals surface area contributed by atoms with Crippen LogP contribution in [0.25, 0.3) is 10.9 Å². The zero-order valence-electron chi connectivity index (χ0n) is 22.9. The maximum absolute atomic E-state index is 16.7. The summed E-state index contributed by atoms with van der Waals surface area (Å²) in [6.45, 7) is 5.14. The van der Waals surface area contributed by atoms with Gasteiger partial charge in [0, 0.05) is 19.6 Å². The van der Waals surface area contributed by atoms with Crippen molar-refractivity contribution in [3.05, 3.63) is 45.7 Å². The maximum atomic E-state index is 16.7. The first kappa shape index (κ1) is 26.5. The average Bonchev–Trinajstić information content (AvgIpc) is 3.43. The van der Waals surface area contributed by atoms with Gasteiger partial charge in [-0.15, -0.1) is 0 Å². The van der Waals surface area contributed by atoms with E-state index in [2.05, 4.69) is 15.9 Å². The molecule has 0 N–H and O–H groups in total. The molecule has 0 radical (unpaired) electrons. The van der Waals surface area contributed by atoms with Crippen molar-refractivity contribution in [1.29, 1.82) is 0 Å². The van der Waals surface area contributed by atoms with Crippen molar-refractivity contribution < 1.29 is 9.13 Å². The second kappa shape index (κ2) is 10.8. The molecule has 0 spiro atoms. The summed E-state index contributed by atoms with van der Waals surface area (Å²) in [7, 11) is 0. The highest BCUT2D eigenvalue weighted by molar-refractivity contribution is 6.37. The molecule has 0 unspecified atom stereocenters. The van der Waals surface area contributed by atoms with Gasteiger partial charge in [0.15, 0.2) is 5.82 Å². The summed E-state index contributed by atoms with van der Waals surface area (Å²) in [6.07, 6.45) is 10.9. The Hall–Kier alpha value is -2.35. The van der Waals surface area contributed by atoms with E-state index in [-0.39, 0.29) is 17.1 Å². The predicted octanol–water partition coefficient (Wildman–Crippen LogP) is 7.55. The fourth-order valence-electron chi connectivity index (χ4n) is 7.46. The van der Waals surface area contributed by atoms with Crippen molar-refractivity contribution in [3.8, 4) is 6.01 Å². The predicted molar refractivity (Wildman–Crippen MR) is 160 cm³/mol. The van der Waals surface area contributed by atoms with Gasteiger partial charge in [0.25, 0.3) is 0 Å². The Morgan fingerprint density at radius 3 is 2.42 bits per heavy atom. The molecule has 4 aliphatic heterocycles. The topological polar surface area (TPSA) is 44.7 Å². The third-order valence-electron chi connectivity index (χ3n) is 9.45. The Labute approximate surface area is 245 Å². The molecule has 1 aromatic heterocycles. The van der Waals surface area contributed by atoms with Gasteiger partial charge in [-0.2, -0.15) is 9.97 Å². The third kappa shape index (κ3) is 4.58. The van der Waals surface area contributed by atoms with Crippen LogP contribution in [0.1, 0.15) is 63.4 Å². The van der Waals surface area contributed by atoms with Crippen LogP contribution in [0.2, 0.25) is 10.0 Å². The van der Waals surface area contributed by atoms with Crippen molar-refractivity contribution in [2.75, 3.05) is 49.1 Å². The van der Waals surface area contributed by atoms with Crippen molar-refractivity contribution in [2.45, 2.75) is 69.7 Å². The van der Waals surface area contributed by atoms with Gasteiger partial charge in [0.05, 0.1) is 32.3 Å². The van der Waals surface area contributed by atoms with E-state index in [1.165, 1.54) is 25.7 Å². The standard InChI is InChI=1S/C31H36Cl2FN5O/c32-22-11-5-9-21-10-6-18-39(28(21)22)24-19-23(33)25-27(26(24)34)35-30(36-29(25)37-14-3-1-2-4-15-37)40-20-31-12-7-16-38(31)17-8-13-31/h5,9,11,19H,1-4,6-8,10,12-18,20H2. The number of halogens is 3. The number of benzene rings is 2. The van der Waals surface area contributed by atoms with Gasteiger partial charge in [0.1, 0.15) is 17.9 Å². The molecule has 0 saturated carbocycles. The number of aryl methyl sites for hydroxylation is 1. The fraction of sp³-hybridized carbons (Fsp3) is 0.548. The minimum atomic E-state index is -0.406. The minimum Gasteiger partial charge on any atom is -0.461 e. The number of hydrogen-bond acceptors (Lipinski definition) is 6. The first-order valence-electron chi connectivity index (χ1n) is 14.9. The van der Waals surface area contributed by atoms with Gasteiger partial charge in [-0.1, -0.05) is 48.2 Å². The second-order valence-corrected chi connectivity index (χ2v) is 12.7. The second-order valence-electron chi connectivity index (χ2n) is 11.9. The lowest BCUT2D eigenvalue weighted by Crippen LogP contribution is -2.43. The molecular formula is C31H36Cl2FN5O. The molecule has 212 valence electrons. The smallest absolute Gasteiger partial charge is 0.319 e. The summed E-state index contributed by atoms with van der Waals surface area (Å²) in [4.78, 5) is 16.4. The van der Waals surface area contributed by atoms with Crippen molar-refractivity contribution in [1.82, 2.24) is 14.9 Å². The maximum Gasteiger partial charge on any atom is 0.319 e. The summed E-state index contributed by atoms with van der Waals surface area (Å²) in [5.74, 6) is 0.277. The van der Waals surface area contributed by atoms with Crippen LogP contribution in [0, 0.1) is 5.82 Å². The molecule has 3 saturated heterocycles. The van der Waals surface area contributed by atoms with Crippen LogP contribution in [0.15, 0.2) is 24.3 Å². The lowest BCUT2D eigenvalue weighted by atomic mass is 9.95. The molecule has 3 aromatic rings. The highest BCUT2D eigenvalue weighted by atomic mass is 35.5. The lowest BCUT2D eigenvalue weighted by molar-refractivity contribution is 0.108. The number of para-hydroxylation sites is 1. The summed E-state index contributed by atoms with van der Waals surface area (Å²) < 4.78 is 23.1. The summed E-state index contributed by atoms with van der Waals surface area (Å²) in [6, 6.07) is 7.85. The van der Waals surface area contributed by atoms with E-state index < -0.39 is 5.82 Å². The molecular weight excluding hydrogens is 548 g/mol. The van der Waals surface area contributed by atoms with Crippen molar-refractivity contribution in [3.63, 3.8) is 0 Å². The van der Waals surface area contributed by atoms with E-state index in [0.717, 1.165) is 76.0 Å². The number of hydrogen-bond donors (Lipinski definition) is 0. The summed E-state index contributed by atoms with van der Waals surface area (Å²) >= 11 is 13.7. The normalized spacial score (nSPS) is 21.0. The quantitative estimate of drug-likeness (QED) is 0.309. The molecule has 7 rings (SSSR count). The van der Waals surface area contributed by atoms with Gasteiger partial charge in [-0.05, 0) is 82.2 Å². The zero-order chi connectivity index (χ0) is 27.3. The SMILES string of the molecule is Fc1c(N2CCCc3cccc(Cl)c32)cc(Cl)c2c(N3CCCCCC3)nc(OCC34CCCN3CCC4)nc12. The first-order valence-corrected chi connectivity index (χ1v) is 15.7. The van der Waals surface area contributed by atoms with Gasteiger partial charge in [-0.25, -0.2) is 4.39 Å². The number of nitrogens with zero attached hydrogens (tertiary/aromatic N) is 5. The molecule has 0 bridgehead atoms. The molecule has 6 nitrogen and oxygen atoms in total. The highest BCUT2D eigenvalue weighted by Crippen LogP contribution is 2.45. The average molecular weight is 585 g/mol. The Morgan fingerprint density at radius 1 is 0.875 bits per heavy atom. The van der Waals surface area contributed by atoms with Crippen LogP contribution in [-0.2, 0) is 6.42 Å². The summed E-state index contributed by atoms with van der Waals surface area (Å²) in [5, 5.41) is 1.63. The van der Waals surface area contributed by atoms with E-state index in [1.807, 2.05) is 17.0 Å². The molecule has 2 aromatic carbocycles. The largest absolute Gasteiger partial charge is 0.461 e. The molecule has 4 aliphatic rings. The molecule has 3 fully saturated rings. The van der Waals surface area contributed by atoms with Crippen LogP contribution < -0.4 is 14.5 Å². The molecule has 0 aliphatic carbocycles. The van der Waals surface area contributed by atoms with Crippen LogP contribution in [0.5, 0.6) is 6.01 Å². The van der Waals surface area contributed by atoms with Crippen LogP contribution in [-0.4, -0.2) is 59.7 Å². The van der Waals surface area contributed by atoms with E-state index >= 15 is 4.39 Å². The molecule has 0 atom stereocenters. The molecule has 9 heteroatoms. The van der Waals surface area contributed by atoms with Crippen molar-refractivity contribution in [2.24, 2.45) is 0 Å². The molecule has 40 heavy (non-hydrogen) atoms. The van der Waals surface area contributed by atoms with Crippen LogP contribution >= 0.6 is 23.2 Å². The van der Waals surface area contributed by atoms with Gasteiger partial charge in [0.2, 0.25) is 0 Å². The minimum absolute atomic E-state index is 0.0490. The molecule has 0 amide bonds. The van der Waals surface area contributed by atoms with E-state index in [9.17, 15) is 0 Å². The van der Waals surface area contributed by atoms with Crippen LogP contribution in [0.3, 0.4) is 0 Å². The fourth-order valence-corrected chi connectivity index (χ4v) is 8.03. The molecule has 5 heterocycles. The highest BCUT2D eigenvalue weighted by Gasteiger charge is 2.45. The van der Waals surface area contributed by atoms with Gasteiger partial charge < -0.3 is 14.5 Å². The number of aromatic nitrogens is 2. The number of fused-ring (bicyclic) bond motifs is 3. The third-order valence-corrected chi connectivity index (χ3v) is 10.1. The van der Waals surface area contributed by atoms with E-state index in [1.54, 1.807) is 6.07 Å². The van der Waals surface area contributed by atoms with Gasteiger partial charge in [-0.3, -0.25) is 4.90 Å². The zero-order valence-corrected chi connectivity index (χ0v) is 24.4. The Balaban J connectivity index is 1.34. The Bertz CT molecular complexity index is 1420. The Kier molecular flexibility index (Phi) is 7.17. The van der Waals surface area contributed by atoms with E-state index in [0.29, 0.717) is 40.1 Å². The van der Waals surface area contributed by atoms with Crippen LogP contribution in [0.4, 0.5) is 21.6 Å². The number of anilines is 3. The monoisotopic (exact) mass is 583 g/mol. The lowest BCUT2D eigenvalue weighted by Gasteiger charge is -2.33. The summed E-state index contributed by atoms with van der Waals surface area (Å²) in [5.41, 5.74) is 2.63. The van der Waals surface area contributed by atoms with E-state index in [4.69, 9.17) is 37.9 Å². The van der Waals surface area contributed by atoms with Crippen molar-refractivity contribution >= 4 is 51.3 Å².